The Morgan fingerprint density at radius 3 is 2.69 bits per heavy atom. The number of H-pyrrole nitrogens is 1. The van der Waals surface area contributed by atoms with Crippen molar-refractivity contribution in [2.75, 3.05) is 31.2 Å². The van der Waals surface area contributed by atoms with Crippen molar-refractivity contribution in [2.24, 2.45) is 0 Å². The molecule has 10 heteroatoms. The van der Waals surface area contributed by atoms with Gasteiger partial charge < -0.3 is 14.4 Å². The van der Waals surface area contributed by atoms with Crippen molar-refractivity contribution < 1.29 is 19.2 Å². The molecule has 1 saturated heterocycles. The van der Waals surface area contributed by atoms with Crippen molar-refractivity contribution >= 4 is 17.6 Å². The molecule has 1 aromatic carbocycles. The number of nitrogens with zero attached hydrogens (tertiary/aromatic N) is 3. The van der Waals surface area contributed by atoms with E-state index in [0.29, 0.717) is 49.1 Å². The number of hydrogen-bond acceptors (Lipinski definition) is 8. The van der Waals surface area contributed by atoms with Crippen LogP contribution in [0.4, 0.5) is 11.6 Å². The lowest BCUT2D eigenvalue weighted by atomic mass is 10.1. The van der Waals surface area contributed by atoms with Crippen LogP contribution in [0.25, 0.3) is 0 Å². The lowest BCUT2D eigenvalue weighted by Crippen LogP contribution is -2.38. The van der Waals surface area contributed by atoms with Gasteiger partial charge in [-0.25, -0.2) is 4.98 Å². The van der Waals surface area contributed by atoms with E-state index in [-0.39, 0.29) is 29.8 Å². The smallest absolute Gasteiger partial charge is 0.311 e. The van der Waals surface area contributed by atoms with Crippen molar-refractivity contribution in [3.63, 3.8) is 0 Å². The van der Waals surface area contributed by atoms with Gasteiger partial charge in [-0.15, -0.1) is 0 Å². The fraction of sp³-hybridized carbons (Fsp3) is 0.421. The van der Waals surface area contributed by atoms with Gasteiger partial charge in [0.1, 0.15) is 5.75 Å². The van der Waals surface area contributed by atoms with E-state index < -0.39 is 10.9 Å². The fourth-order valence-corrected chi connectivity index (χ4v) is 3.12. The third-order valence-corrected chi connectivity index (χ3v) is 4.70. The summed E-state index contributed by atoms with van der Waals surface area (Å²) < 4.78 is 10.5. The Bertz CT molecular complexity index is 981. The molecule has 0 spiro atoms. The molecule has 2 heterocycles. The lowest BCUT2D eigenvalue weighted by molar-refractivity contribution is -0.385. The molecule has 0 amide bonds. The van der Waals surface area contributed by atoms with Crippen LogP contribution in [0.5, 0.6) is 5.75 Å². The summed E-state index contributed by atoms with van der Waals surface area (Å²) in [4.78, 5) is 44.1. The molecule has 2 aromatic rings. The van der Waals surface area contributed by atoms with Crippen LogP contribution in [0.1, 0.15) is 23.2 Å². The zero-order chi connectivity index (χ0) is 21.0. The molecule has 0 aliphatic carbocycles. The normalized spacial score (nSPS) is 13.9. The Balaban J connectivity index is 1.63. The number of anilines is 1. The first kappa shape index (κ1) is 20.5. The molecule has 0 atom stereocenters. The molecule has 29 heavy (non-hydrogen) atoms. The largest absolute Gasteiger partial charge is 0.427 e. The highest BCUT2D eigenvalue weighted by molar-refractivity contribution is 5.73. The van der Waals surface area contributed by atoms with Gasteiger partial charge in [0.25, 0.3) is 11.2 Å². The van der Waals surface area contributed by atoms with Crippen LogP contribution in [0, 0.1) is 24.0 Å². The van der Waals surface area contributed by atoms with Crippen LogP contribution in [-0.2, 0) is 16.0 Å². The summed E-state index contributed by atoms with van der Waals surface area (Å²) >= 11 is 0. The highest BCUT2D eigenvalue weighted by Crippen LogP contribution is 2.23. The molecule has 1 aliphatic rings. The van der Waals surface area contributed by atoms with Crippen molar-refractivity contribution in [1.82, 2.24) is 9.97 Å². The Morgan fingerprint density at radius 2 is 2.07 bits per heavy atom. The molecular weight excluding hydrogens is 380 g/mol. The molecule has 1 fully saturated rings. The molecule has 0 saturated carbocycles. The maximum atomic E-state index is 12.5. The minimum atomic E-state index is -0.533. The lowest BCUT2D eigenvalue weighted by Gasteiger charge is -2.27. The molecule has 10 nitrogen and oxygen atoms in total. The number of esters is 1. The number of carbonyl (C=O) groups is 1. The molecule has 0 bridgehead atoms. The number of morpholine rings is 1. The summed E-state index contributed by atoms with van der Waals surface area (Å²) in [5, 5.41) is 10.9. The van der Waals surface area contributed by atoms with Crippen molar-refractivity contribution in [1.29, 1.82) is 0 Å². The van der Waals surface area contributed by atoms with Crippen molar-refractivity contribution in [3.05, 3.63) is 55.5 Å². The van der Waals surface area contributed by atoms with Crippen molar-refractivity contribution in [2.45, 2.75) is 26.7 Å². The third-order valence-electron chi connectivity index (χ3n) is 4.70. The Kier molecular flexibility index (Phi) is 6.23. The Morgan fingerprint density at radius 1 is 1.34 bits per heavy atom. The highest BCUT2D eigenvalue weighted by atomic mass is 16.6. The van der Waals surface area contributed by atoms with Gasteiger partial charge in [-0.05, 0) is 32.4 Å². The monoisotopic (exact) mass is 402 g/mol. The molecule has 1 N–H and O–H groups in total. The quantitative estimate of drug-likeness (QED) is 0.334. The van der Waals surface area contributed by atoms with Gasteiger partial charge >= 0.3 is 5.97 Å². The number of aromatic amines is 1. The second-order valence-corrected chi connectivity index (χ2v) is 6.73. The van der Waals surface area contributed by atoms with E-state index >= 15 is 0 Å². The molecular formula is C19H22N4O6. The number of aryl methyl sites for hydroxylation is 2. The average molecular weight is 402 g/mol. The fourth-order valence-electron chi connectivity index (χ4n) is 3.12. The van der Waals surface area contributed by atoms with Crippen molar-refractivity contribution in [3.8, 4) is 5.75 Å². The number of rotatable bonds is 6. The van der Waals surface area contributed by atoms with Gasteiger partial charge in [0.2, 0.25) is 5.95 Å². The van der Waals surface area contributed by atoms with Crippen LogP contribution in [-0.4, -0.2) is 47.2 Å². The second-order valence-electron chi connectivity index (χ2n) is 6.73. The van der Waals surface area contributed by atoms with Crippen LogP contribution in [0.2, 0.25) is 0 Å². The van der Waals surface area contributed by atoms with Crippen LogP contribution >= 0.6 is 0 Å². The first-order chi connectivity index (χ1) is 13.8. The van der Waals surface area contributed by atoms with E-state index in [9.17, 15) is 19.7 Å². The average Bonchev–Trinajstić information content (AvgIpc) is 2.67. The van der Waals surface area contributed by atoms with E-state index in [1.54, 1.807) is 13.8 Å². The second kappa shape index (κ2) is 8.82. The van der Waals surface area contributed by atoms with Gasteiger partial charge in [-0.3, -0.25) is 24.7 Å². The first-order valence-corrected chi connectivity index (χ1v) is 9.23. The van der Waals surface area contributed by atoms with Gasteiger partial charge in [0.05, 0.1) is 24.6 Å². The summed E-state index contributed by atoms with van der Waals surface area (Å²) in [5.41, 5.74) is 1.07. The molecule has 154 valence electrons. The molecule has 1 aromatic heterocycles. The standard InChI is InChI=1S/C19H22N4O6/c1-12-11-14(3-5-16(12)23(26)27)29-17(24)6-4-15-13(2)20-19(21-18(15)25)22-7-9-28-10-8-22/h3,5,11H,4,6-10H2,1-2H3,(H,20,21,25). The summed E-state index contributed by atoms with van der Waals surface area (Å²) in [6, 6.07) is 4.10. The van der Waals surface area contributed by atoms with E-state index in [1.807, 2.05) is 4.90 Å². The summed E-state index contributed by atoms with van der Waals surface area (Å²) in [7, 11) is 0. The Labute approximate surface area is 166 Å². The molecule has 0 radical (unpaired) electrons. The number of benzene rings is 1. The zero-order valence-electron chi connectivity index (χ0n) is 16.3. The number of nitro benzene ring substituents is 1. The van der Waals surface area contributed by atoms with Gasteiger partial charge in [0.15, 0.2) is 0 Å². The molecule has 3 rings (SSSR count). The van der Waals surface area contributed by atoms with E-state index in [1.165, 1.54) is 18.2 Å². The third kappa shape index (κ3) is 4.96. The van der Waals surface area contributed by atoms with Gasteiger partial charge in [-0.2, -0.15) is 0 Å². The number of aromatic nitrogens is 2. The van der Waals surface area contributed by atoms with E-state index in [4.69, 9.17) is 9.47 Å². The molecule has 0 unspecified atom stereocenters. The van der Waals surface area contributed by atoms with Gasteiger partial charge in [-0.1, -0.05) is 0 Å². The van der Waals surface area contributed by atoms with Crippen LogP contribution in [0.3, 0.4) is 0 Å². The predicted octanol–water partition coefficient (Wildman–Crippen LogP) is 1.67. The summed E-state index contributed by atoms with van der Waals surface area (Å²) in [6.45, 7) is 5.78. The summed E-state index contributed by atoms with van der Waals surface area (Å²) in [6.07, 6.45) is 0.168. The number of nitrogens with one attached hydrogen (secondary N) is 1. The summed E-state index contributed by atoms with van der Waals surface area (Å²) in [5.74, 6) is 0.197. The maximum absolute atomic E-state index is 12.5. The van der Waals surface area contributed by atoms with Gasteiger partial charge in [0, 0.05) is 36.0 Å². The minimum Gasteiger partial charge on any atom is -0.427 e. The highest BCUT2D eigenvalue weighted by Gasteiger charge is 2.18. The van der Waals surface area contributed by atoms with E-state index in [2.05, 4.69) is 9.97 Å². The number of nitro groups is 1. The predicted molar refractivity (Wildman–Crippen MR) is 104 cm³/mol. The van der Waals surface area contributed by atoms with E-state index in [0.717, 1.165) is 0 Å². The topological polar surface area (TPSA) is 128 Å². The first-order valence-electron chi connectivity index (χ1n) is 9.23. The SMILES string of the molecule is Cc1cc(OC(=O)CCc2c(C)nc(N3CCOCC3)[nH]c2=O)ccc1[N+](=O)[O-]. The number of hydrogen-bond donors (Lipinski definition) is 1. The molecule has 1 aliphatic heterocycles. The minimum absolute atomic E-state index is 0.0153. The Hall–Kier alpha value is -3.27. The zero-order valence-corrected chi connectivity index (χ0v) is 16.3. The number of ether oxygens (including phenoxy) is 2. The number of carbonyl (C=O) groups excluding carboxylic acids is 1. The maximum Gasteiger partial charge on any atom is 0.311 e. The van der Waals surface area contributed by atoms with Crippen LogP contribution < -0.4 is 15.2 Å². The van der Waals surface area contributed by atoms with Crippen LogP contribution in [0.15, 0.2) is 23.0 Å².